The van der Waals surface area contributed by atoms with E-state index >= 15 is 0 Å². The van der Waals surface area contributed by atoms with Crippen molar-refractivity contribution in [3.05, 3.63) is 0 Å². The van der Waals surface area contributed by atoms with Crippen LogP contribution < -0.4 is 0 Å². The van der Waals surface area contributed by atoms with Crippen molar-refractivity contribution in [3.8, 4) is 6.07 Å². The molecular formula is C13H25N3O. The molecule has 0 spiro atoms. The molecule has 1 aliphatic heterocycles. The molecule has 4 heteroatoms. The summed E-state index contributed by atoms with van der Waals surface area (Å²) in [6.45, 7) is 10.8. The van der Waals surface area contributed by atoms with Gasteiger partial charge in [-0.2, -0.15) is 5.26 Å². The maximum absolute atomic E-state index is 9.12. The molecule has 0 radical (unpaired) electrons. The van der Waals surface area contributed by atoms with E-state index in [0.717, 1.165) is 52.1 Å². The zero-order valence-corrected chi connectivity index (χ0v) is 11.4. The standard InChI is InChI=1S/C13H25N3O/c1-4-15(5-2)10-11-16-8-6-13(12-14,17-3)7-9-16/h4-11H2,1-3H3. The minimum absolute atomic E-state index is 0.522. The van der Waals surface area contributed by atoms with Gasteiger partial charge >= 0.3 is 0 Å². The zero-order valence-electron chi connectivity index (χ0n) is 11.4. The van der Waals surface area contributed by atoms with Crippen LogP contribution in [-0.2, 0) is 4.74 Å². The summed E-state index contributed by atoms with van der Waals surface area (Å²) < 4.78 is 5.35. The first kappa shape index (κ1) is 14.4. The van der Waals surface area contributed by atoms with Crippen molar-refractivity contribution < 1.29 is 4.74 Å². The van der Waals surface area contributed by atoms with E-state index in [1.54, 1.807) is 7.11 Å². The van der Waals surface area contributed by atoms with E-state index in [-0.39, 0.29) is 0 Å². The fraction of sp³-hybridized carbons (Fsp3) is 0.923. The molecule has 0 unspecified atom stereocenters. The van der Waals surface area contributed by atoms with Gasteiger partial charge in [0.25, 0.3) is 0 Å². The van der Waals surface area contributed by atoms with Crippen LogP contribution in [0.25, 0.3) is 0 Å². The summed E-state index contributed by atoms with van der Waals surface area (Å²) in [6, 6.07) is 2.32. The monoisotopic (exact) mass is 239 g/mol. The van der Waals surface area contributed by atoms with Crippen LogP contribution in [0.4, 0.5) is 0 Å². The van der Waals surface area contributed by atoms with Gasteiger partial charge in [-0.05, 0) is 13.1 Å². The van der Waals surface area contributed by atoms with Crippen LogP contribution in [0.1, 0.15) is 26.7 Å². The van der Waals surface area contributed by atoms with E-state index in [2.05, 4.69) is 29.7 Å². The molecule has 0 atom stereocenters. The molecule has 1 heterocycles. The molecule has 98 valence electrons. The number of likely N-dealkylation sites (tertiary alicyclic amines) is 1. The van der Waals surface area contributed by atoms with Gasteiger partial charge in [0, 0.05) is 46.1 Å². The number of rotatable bonds is 6. The van der Waals surface area contributed by atoms with Gasteiger partial charge < -0.3 is 14.5 Å². The summed E-state index contributed by atoms with van der Waals surface area (Å²) in [5.41, 5.74) is -0.522. The summed E-state index contributed by atoms with van der Waals surface area (Å²) in [4.78, 5) is 4.87. The van der Waals surface area contributed by atoms with Crippen molar-refractivity contribution >= 4 is 0 Å². The lowest BCUT2D eigenvalue weighted by Crippen LogP contribution is -2.46. The van der Waals surface area contributed by atoms with Gasteiger partial charge in [0.05, 0.1) is 6.07 Å². The molecule has 4 nitrogen and oxygen atoms in total. The third kappa shape index (κ3) is 3.95. The van der Waals surface area contributed by atoms with Crippen molar-refractivity contribution in [2.45, 2.75) is 32.3 Å². The summed E-state index contributed by atoms with van der Waals surface area (Å²) in [5, 5.41) is 9.12. The predicted molar refractivity (Wildman–Crippen MR) is 68.8 cm³/mol. The topological polar surface area (TPSA) is 39.5 Å². The first-order valence-electron chi connectivity index (χ1n) is 6.60. The fourth-order valence-electron chi connectivity index (χ4n) is 2.32. The van der Waals surface area contributed by atoms with Gasteiger partial charge in [0.15, 0.2) is 5.60 Å². The Morgan fingerprint density at radius 1 is 1.29 bits per heavy atom. The quantitative estimate of drug-likeness (QED) is 0.701. The molecule has 17 heavy (non-hydrogen) atoms. The smallest absolute Gasteiger partial charge is 0.156 e. The van der Waals surface area contributed by atoms with E-state index < -0.39 is 5.60 Å². The normalized spacial score (nSPS) is 20.4. The number of methoxy groups -OCH3 is 1. The van der Waals surface area contributed by atoms with E-state index in [1.807, 2.05) is 0 Å². The van der Waals surface area contributed by atoms with Crippen molar-refractivity contribution in [1.82, 2.24) is 9.80 Å². The van der Waals surface area contributed by atoms with Crippen LogP contribution in [0.2, 0.25) is 0 Å². The number of nitriles is 1. The van der Waals surface area contributed by atoms with E-state index in [4.69, 9.17) is 10.00 Å². The third-order valence-electron chi connectivity index (χ3n) is 3.89. The molecule has 0 aromatic carbocycles. The molecule has 1 rings (SSSR count). The van der Waals surface area contributed by atoms with Crippen molar-refractivity contribution in [1.29, 1.82) is 5.26 Å². The van der Waals surface area contributed by atoms with E-state index in [9.17, 15) is 0 Å². The number of piperidine rings is 1. The van der Waals surface area contributed by atoms with Crippen LogP contribution in [0.15, 0.2) is 0 Å². The van der Waals surface area contributed by atoms with Crippen molar-refractivity contribution in [2.75, 3.05) is 46.4 Å². The average Bonchev–Trinajstić information content (AvgIpc) is 2.41. The summed E-state index contributed by atoms with van der Waals surface area (Å²) in [6.07, 6.45) is 1.66. The van der Waals surface area contributed by atoms with Crippen molar-refractivity contribution in [3.63, 3.8) is 0 Å². The molecule has 0 aliphatic carbocycles. The zero-order chi connectivity index (χ0) is 12.7. The number of likely N-dealkylation sites (N-methyl/N-ethyl adjacent to an activating group) is 1. The highest BCUT2D eigenvalue weighted by molar-refractivity contribution is 5.04. The SMILES string of the molecule is CCN(CC)CCN1CCC(C#N)(OC)CC1. The average molecular weight is 239 g/mol. The second-order valence-corrected chi connectivity index (χ2v) is 4.68. The molecule has 1 saturated heterocycles. The van der Waals surface area contributed by atoms with Gasteiger partial charge in [-0.15, -0.1) is 0 Å². The van der Waals surface area contributed by atoms with Gasteiger partial charge in [-0.1, -0.05) is 13.8 Å². The summed E-state index contributed by atoms with van der Waals surface area (Å²) in [5.74, 6) is 0. The van der Waals surface area contributed by atoms with E-state index in [0.29, 0.717) is 0 Å². The molecule has 0 N–H and O–H groups in total. The lowest BCUT2D eigenvalue weighted by molar-refractivity contribution is -0.0151. The Bertz CT molecular complexity index is 250. The van der Waals surface area contributed by atoms with E-state index in [1.165, 1.54) is 0 Å². The molecule has 0 bridgehead atoms. The molecular weight excluding hydrogens is 214 g/mol. The molecule has 0 aromatic heterocycles. The van der Waals surface area contributed by atoms with Crippen LogP contribution in [0.3, 0.4) is 0 Å². The van der Waals surface area contributed by atoms with Crippen LogP contribution >= 0.6 is 0 Å². The minimum atomic E-state index is -0.522. The minimum Gasteiger partial charge on any atom is -0.363 e. The predicted octanol–water partition coefficient (Wildman–Crippen LogP) is 1.33. The molecule has 0 amide bonds. The first-order chi connectivity index (χ1) is 8.19. The highest BCUT2D eigenvalue weighted by atomic mass is 16.5. The molecule has 1 fully saturated rings. The Morgan fingerprint density at radius 3 is 2.29 bits per heavy atom. The van der Waals surface area contributed by atoms with Gasteiger partial charge in [-0.25, -0.2) is 0 Å². The van der Waals surface area contributed by atoms with Crippen molar-refractivity contribution in [2.24, 2.45) is 0 Å². The number of hydrogen-bond donors (Lipinski definition) is 0. The maximum atomic E-state index is 9.12. The van der Waals surface area contributed by atoms with Gasteiger partial charge in [0.1, 0.15) is 0 Å². The maximum Gasteiger partial charge on any atom is 0.156 e. The third-order valence-corrected chi connectivity index (χ3v) is 3.89. The number of nitrogens with zero attached hydrogens (tertiary/aromatic N) is 3. The van der Waals surface area contributed by atoms with Crippen LogP contribution in [-0.4, -0.2) is 61.8 Å². The van der Waals surface area contributed by atoms with Gasteiger partial charge in [-0.3, -0.25) is 0 Å². The van der Waals surface area contributed by atoms with Crippen LogP contribution in [0, 0.1) is 11.3 Å². The Kier molecular flexibility index (Phi) is 5.90. The number of ether oxygens (including phenoxy) is 1. The van der Waals surface area contributed by atoms with Gasteiger partial charge in [0.2, 0.25) is 0 Å². The fourth-order valence-corrected chi connectivity index (χ4v) is 2.32. The largest absolute Gasteiger partial charge is 0.363 e. The van der Waals surface area contributed by atoms with Crippen LogP contribution in [0.5, 0.6) is 0 Å². The lowest BCUT2D eigenvalue weighted by Gasteiger charge is -2.36. The lowest BCUT2D eigenvalue weighted by atomic mass is 9.93. The molecule has 0 saturated carbocycles. The first-order valence-corrected chi connectivity index (χ1v) is 6.60. The highest BCUT2D eigenvalue weighted by Crippen LogP contribution is 2.24. The number of hydrogen-bond acceptors (Lipinski definition) is 4. The summed E-state index contributed by atoms with van der Waals surface area (Å²) in [7, 11) is 1.65. The Labute approximate surface area is 105 Å². The summed E-state index contributed by atoms with van der Waals surface area (Å²) >= 11 is 0. The Morgan fingerprint density at radius 2 is 1.88 bits per heavy atom. The highest BCUT2D eigenvalue weighted by Gasteiger charge is 2.34. The Hall–Kier alpha value is -0.630. The second-order valence-electron chi connectivity index (χ2n) is 4.68. The molecule has 0 aromatic rings. The second kappa shape index (κ2) is 6.95. The molecule has 1 aliphatic rings. The Balaban J connectivity index is 2.30.